The minimum Gasteiger partial charge on any atom is -0.493 e. The van der Waals surface area contributed by atoms with Gasteiger partial charge in [-0.05, 0) is 48.6 Å². The first-order valence-corrected chi connectivity index (χ1v) is 9.94. The van der Waals surface area contributed by atoms with Gasteiger partial charge in [-0.15, -0.1) is 0 Å². The van der Waals surface area contributed by atoms with Gasteiger partial charge in [0.15, 0.2) is 5.96 Å². The van der Waals surface area contributed by atoms with Crippen molar-refractivity contribution in [3.63, 3.8) is 0 Å². The average molecular weight is 397 g/mol. The Balaban J connectivity index is 1.92. The SMILES string of the molecule is CN=C(NCc1ccc(C(N)=O)cc1)NCc1ccc(C)cc1OCCC(C)C. The number of carbonyl (C=O) groups excluding carboxylic acids is 1. The maximum atomic E-state index is 11.2. The second-order valence-corrected chi connectivity index (χ2v) is 7.48. The van der Waals surface area contributed by atoms with Gasteiger partial charge in [0, 0.05) is 31.3 Å². The third kappa shape index (κ3) is 7.49. The number of hydrogen-bond acceptors (Lipinski definition) is 3. The number of hydrogen-bond donors (Lipinski definition) is 3. The summed E-state index contributed by atoms with van der Waals surface area (Å²) in [6.45, 7) is 8.36. The van der Waals surface area contributed by atoms with Gasteiger partial charge in [-0.1, -0.05) is 38.1 Å². The largest absolute Gasteiger partial charge is 0.493 e. The van der Waals surface area contributed by atoms with Crippen molar-refractivity contribution in [2.24, 2.45) is 16.6 Å². The summed E-state index contributed by atoms with van der Waals surface area (Å²) >= 11 is 0. The molecule has 0 radical (unpaired) electrons. The van der Waals surface area contributed by atoms with Gasteiger partial charge in [-0.3, -0.25) is 9.79 Å². The molecule has 2 aromatic carbocycles. The Labute approximate surface area is 173 Å². The lowest BCUT2D eigenvalue weighted by Gasteiger charge is -2.16. The second-order valence-electron chi connectivity index (χ2n) is 7.48. The molecule has 0 aromatic heterocycles. The summed E-state index contributed by atoms with van der Waals surface area (Å²) < 4.78 is 6.02. The molecule has 1 amide bonds. The quantitative estimate of drug-likeness (QED) is 0.448. The van der Waals surface area contributed by atoms with E-state index in [9.17, 15) is 4.79 Å². The third-order valence-electron chi connectivity index (χ3n) is 4.54. The molecule has 0 heterocycles. The van der Waals surface area contributed by atoms with E-state index in [1.165, 1.54) is 5.56 Å². The minimum absolute atomic E-state index is 0.425. The van der Waals surface area contributed by atoms with Gasteiger partial charge in [0.1, 0.15) is 5.75 Å². The van der Waals surface area contributed by atoms with Crippen LogP contribution >= 0.6 is 0 Å². The van der Waals surface area contributed by atoms with E-state index in [1.807, 2.05) is 12.1 Å². The minimum atomic E-state index is -0.425. The highest BCUT2D eigenvalue weighted by molar-refractivity contribution is 5.92. The molecule has 4 N–H and O–H groups in total. The number of primary amides is 1. The zero-order valence-electron chi connectivity index (χ0n) is 17.8. The lowest BCUT2D eigenvalue weighted by atomic mass is 10.1. The summed E-state index contributed by atoms with van der Waals surface area (Å²) in [5.41, 5.74) is 9.08. The molecule has 0 saturated heterocycles. The van der Waals surface area contributed by atoms with Crippen LogP contribution < -0.4 is 21.1 Å². The van der Waals surface area contributed by atoms with Crippen LogP contribution in [-0.2, 0) is 13.1 Å². The second kappa shape index (κ2) is 11.1. The number of ether oxygens (including phenoxy) is 1. The van der Waals surface area contributed by atoms with Crippen LogP contribution in [0.15, 0.2) is 47.5 Å². The molecule has 2 rings (SSSR count). The lowest BCUT2D eigenvalue weighted by Crippen LogP contribution is -2.36. The van der Waals surface area contributed by atoms with Crippen molar-refractivity contribution in [2.75, 3.05) is 13.7 Å². The van der Waals surface area contributed by atoms with E-state index in [1.54, 1.807) is 19.2 Å². The molecule has 6 heteroatoms. The number of nitrogens with one attached hydrogen (secondary N) is 2. The number of rotatable bonds is 9. The van der Waals surface area contributed by atoms with Crippen molar-refractivity contribution < 1.29 is 9.53 Å². The van der Waals surface area contributed by atoms with Crippen LogP contribution in [0.4, 0.5) is 0 Å². The maximum Gasteiger partial charge on any atom is 0.248 e. The Morgan fingerprint density at radius 3 is 2.41 bits per heavy atom. The van der Waals surface area contributed by atoms with Crippen molar-refractivity contribution >= 4 is 11.9 Å². The van der Waals surface area contributed by atoms with E-state index < -0.39 is 5.91 Å². The van der Waals surface area contributed by atoms with Crippen LogP contribution in [0.25, 0.3) is 0 Å². The molecule has 0 spiro atoms. The summed E-state index contributed by atoms with van der Waals surface area (Å²) in [5, 5.41) is 6.60. The number of amides is 1. The standard InChI is InChI=1S/C23H32N4O2/c1-16(2)11-12-29-21-13-17(3)5-8-20(21)15-27-23(25-4)26-14-18-6-9-19(10-7-18)22(24)28/h5-10,13,16H,11-12,14-15H2,1-4H3,(H2,24,28)(H2,25,26,27). The zero-order valence-corrected chi connectivity index (χ0v) is 17.8. The van der Waals surface area contributed by atoms with Crippen molar-refractivity contribution in [3.05, 3.63) is 64.7 Å². The highest BCUT2D eigenvalue weighted by atomic mass is 16.5. The number of aryl methyl sites for hydroxylation is 1. The summed E-state index contributed by atoms with van der Waals surface area (Å²) in [7, 11) is 1.74. The molecule has 0 fully saturated rings. The topological polar surface area (TPSA) is 88.7 Å². The highest BCUT2D eigenvalue weighted by Crippen LogP contribution is 2.21. The lowest BCUT2D eigenvalue weighted by molar-refractivity contribution is 0.100. The molecule has 2 aromatic rings. The van der Waals surface area contributed by atoms with Crippen LogP contribution in [0.5, 0.6) is 5.75 Å². The summed E-state index contributed by atoms with van der Waals surface area (Å²) in [5.74, 6) is 1.79. The maximum absolute atomic E-state index is 11.2. The van der Waals surface area contributed by atoms with Crippen LogP contribution in [0.1, 0.15) is 47.3 Å². The Hall–Kier alpha value is -3.02. The summed E-state index contributed by atoms with van der Waals surface area (Å²) in [6.07, 6.45) is 1.03. The first kappa shape index (κ1) is 22.3. The number of guanidine groups is 1. The first-order chi connectivity index (χ1) is 13.9. The van der Waals surface area contributed by atoms with E-state index in [-0.39, 0.29) is 0 Å². The van der Waals surface area contributed by atoms with Gasteiger partial charge in [0.25, 0.3) is 0 Å². The van der Waals surface area contributed by atoms with E-state index in [4.69, 9.17) is 10.5 Å². The monoisotopic (exact) mass is 396 g/mol. The molecule has 0 aliphatic carbocycles. The smallest absolute Gasteiger partial charge is 0.248 e. The molecule has 0 saturated carbocycles. The van der Waals surface area contributed by atoms with Crippen molar-refractivity contribution in [1.82, 2.24) is 10.6 Å². The van der Waals surface area contributed by atoms with Crippen molar-refractivity contribution in [2.45, 2.75) is 40.3 Å². The van der Waals surface area contributed by atoms with E-state index >= 15 is 0 Å². The van der Waals surface area contributed by atoms with Crippen LogP contribution in [-0.4, -0.2) is 25.5 Å². The Morgan fingerprint density at radius 1 is 1.10 bits per heavy atom. The fourth-order valence-corrected chi connectivity index (χ4v) is 2.72. The van der Waals surface area contributed by atoms with Gasteiger partial charge in [0.2, 0.25) is 5.91 Å². The van der Waals surface area contributed by atoms with Gasteiger partial charge in [-0.25, -0.2) is 0 Å². The molecule has 6 nitrogen and oxygen atoms in total. The van der Waals surface area contributed by atoms with Gasteiger partial charge in [0.05, 0.1) is 6.61 Å². The van der Waals surface area contributed by atoms with Crippen LogP contribution in [0, 0.1) is 12.8 Å². The van der Waals surface area contributed by atoms with Crippen LogP contribution in [0.3, 0.4) is 0 Å². The highest BCUT2D eigenvalue weighted by Gasteiger charge is 2.07. The molecule has 0 aliphatic heterocycles. The van der Waals surface area contributed by atoms with E-state index in [0.29, 0.717) is 37.1 Å². The third-order valence-corrected chi connectivity index (χ3v) is 4.54. The fourth-order valence-electron chi connectivity index (χ4n) is 2.72. The molecule has 0 bridgehead atoms. The Bertz CT molecular complexity index is 829. The first-order valence-electron chi connectivity index (χ1n) is 9.94. The number of carbonyl (C=O) groups is 1. The van der Waals surface area contributed by atoms with Gasteiger partial charge >= 0.3 is 0 Å². The fraction of sp³-hybridized carbons (Fsp3) is 0.391. The predicted molar refractivity (Wildman–Crippen MR) is 118 cm³/mol. The van der Waals surface area contributed by atoms with Crippen molar-refractivity contribution in [1.29, 1.82) is 0 Å². The normalized spacial score (nSPS) is 11.4. The van der Waals surface area contributed by atoms with Gasteiger partial charge in [-0.2, -0.15) is 0 Å². The van der Waals surface area contributed by atoms with Gasteiger partial charge < -0.3 is 21.1 Å². The van der Waals surface area contributed by atoms with Crippen LogP contribution in [0.2, 0.25) is 0 Å². The molecular formula is C23H32N4O2. The predicted octanol–water partition coefficient (Wildman–Crippen LogP) is 3.38. The van der Waals surface area contributed by atoms with Crippen molar-refractivity contribution in [3.8, 4) is 5.75 Å². The molecule has 0 aliphatic rings. The Morgan fingerprint density at radius 2 is 1.79 bits per heavy atom. The zero-order chi connectivity index (χ0) is 21.2. The molecule has 0 unspecified atom stereocenters. The average Bonchev–Trinajstić information content (AvgIpc) is 2.69. The molecule has 29 heavy (non-hydrogen) atoms. The number of nitrogens with two attached hydrogens (primary N) is 1. The number of nitrogens with zero attached hydrogens (tertiary/aromatic N) is 1. The number of aliphatic imine (C=N–C) groups is 1. The number of benzene rings is 2. The summed E-state index contributed by atoms with van der Waals surface area (Å²) in [4.78, 5) is 15.4. The molecule has 156 valence electrons. The van der Waals surface area contributed by atoms with E-state index in [2.05, 4.69) is 54.6 Å². The Kier molecular flexibility index (Phi) is 8.52. The molecule has 0 atom stereocenters. The molecular weight excluding hydrogens is 364 g/mol. The summed E-state index contributed by atoms with van der Waals surface area (Å²) in [6, 6.07) is 13.5. The van der Waals surface area contributed by atoms with E-state index in [0.717, 1.165) is 23.3 Å².